The molecule has 9 heteroatoms. The van der Waals surface area contributed by atoms with E-state index in [0.717, 1.165) is 0 Å². The van der Waals surface area contributed by atoms with E-state index in [2.05, 4.69) is 0 Å². The van der Waals surface area contributed by atoms with Gasteiger partial charge < -0.3 is 14.7 Å². The number of nitrogens with zero attached hydrogens (tertiary/aromatic N) is 3. The molecule has 0 aromatic rings. The van der Waals surface area contributed by atoms with Crippen LogP contribution in [0, 0.1) is 11.8 Å². The summed E-state index contributed by atoms with van der Waals surface area (Å²) in [5.41, 5.74) is 0. The summed E-state index contributed by atoms with van der Waals surface area (Å²) in [5, 5.41) is 0. The Morgan fingerprint density at radius 1 is 1.04 bits per heavy atom. The van der Waals surface area contributed by atoms with Gasteiger partial charge in [-0.1, -0.05) is 0 Å². The molecule has 8 nitrogen and oxygen atoms in total. The Labute approximate surface area is 154 Å². The lowest BCUT2D eigenvalue weighted by molar-refractivity contribution is -0.141. The lowest BCUT2D eigenvalue weighted by Gasteiger charge is -2.34. The Morgan fingerprint density at radius 3 is 2.15 bits per heavy atom. The lowest BCUT2D eigenvalue weighted by Crippen LogP contribution is -2.50. The quantitative estimate of drug-likeness (QED) is 0.641. The largest absolute Gasteiger partial charge is 0.339 e. The minimum absolute atomic E-state index is 0.0124. The summed E-state index contributed by atoms with van der Waals surface area (Å²) in [6.45, 7) is 5.93. The maximum Gasteiger partial charge on any atom is 0.226 e. The molecule has 2 saturated heterocycles. The van der Waals surface area contributed by atoms with Crippen LogP contribution in [0.2, 0.25) is 0 Å². The molecule has 2 aliphatic heterocycles. The highest BCUT2D eigenvalue weighted by atomic mass is 32.2. The van der Waals surface area contributed by atoms with Crippen molar-refractivity contribution in [2.75, 3.05) is 44.2 Å². The minimum atomic E-state index is -3.05. The van der Waals surface area contributed by atoms with Gasteiger partial charge in [-0.2, -0.15) is 0 Å². The van der Waals surface area contributed by atoms with Gasteiger partial charge in [-0.25, -0.2) is 8.42 Å². The van der Waals surface area contributed by atoms with E-state index in [0.29, 0.717) is 45.6 Å². The number of hydrogen-bond donors (Lipinski definition) is 0. The molecular weight excluding hydrogens is 358 g/mol. The molecule has 26 heavy (non-hydrogen) atoms. The number of hydrogen-bond acceptors (Lipinski definition) is 5. The normalized spacial score (nSPS) is 30.2. The van der Waals surface area contributed by atoms with Crippen LogP contribution in [0.5, 0.6) is 0 Å². The van der Waals surface area contributed by atoms with Crippen molar-refractivity contribution in [1.29, 1.82) is 0 Å². The van der Waals surface area contributed by atoms with Crippen LogP contribution < -0.4 is 0 Å². The van der Waals surface area contributed by atoms with Gasteiger partial charge in [0.2, 0.25) is 17.7 Å². The number of rotatable bonds is 4. The van der Waals surface area contributed by atoms with Crippen LogP contribution in [-0.4, -0.2) is 91.1 Å². The third-order valence-electron chi connectivity index (χ3n) is 5.73. The third kappa shape index (κ3) is 3.87. The monoisotopic (exact) mass is 385 g/mol. The SMILES string of the molecule is CCN(C(=O)C1CC1C(=O)N1CCN(C(C)=O)CC1)C1CCS(=O)(=O)C1. The first-order valence-corrected chi connectivity index (χ1v) is 11.1. The number of piperazine rings is 1. The zero-order chi connectivity index (χ0) is 19.1. The molecule has 3 rings (SSSR count). The van der Waals surface area contributed by atoms with Crippen molar-refractivity contribution < 1.29 is 22.8 Å². The Hall–Kier alpha value is -1.64. The van der Waals surface area contributed by atoms with Crippen molar-refractivity contribution in [1.82, 2.24) is 14.7 Å². The van der Waals surface area contributed by atoms with Gasteiger partial charge in [0.15, 0.2) is 9.84 Å². The topological polar surface area (TPSA) is 95.1 Å². The molecule has 3 atom stereocenters. The summed E-state index contributed by atoms with van der Waals surface area (Å²) in [4.78, 5) is 41.9. The fourth-order valence-electron chi connectivity index (χ4n) is 4.05. The fraction of sp³-hybridized carbons (Fsp3) is 0.824. The summed E-state index contributed by atoms with van der Waals surface area (Å²) >= 11 is 0. The molecule has 0 bridgehead atoms. The van der Waals surface area contributed by atoms with Crippen molar-refractivity contribution in [3.63, 3.8) is 0 Å². The molecule has 0 aromatic heterocycles. The molecular formula is C17H27N3O5S. The van der Waals surface area contributed by atoms with Crippen LogP contribution in [-0.2, 0) is 24.2 Å². The van der Waals surface area contributed by atoms with E-state index >= 15 is 0 Å². The van der Waals surface area contributed by atoms with Crippen molar-refractivity contribution in [2.24, 2.45) is 11.8 Å². The van der Waals surface area contributed by atoms with E-state index in [9.17, 15) is 22.8 Å². The van der Waals surface area contributed by atoms with Gasteiger partial charge in [-0.3, -0.25) is 14.4 Å². The Bertz CT molecular complexity index is 699. The number of amides is 3. The molecule has 3 fully saturated rings. The van der Waals surface area contributed by atoms with Gasteiger partial charge in [0.05, 0.1) is 23.3 Å². The van der Waals surface area contributed by atoms with Crippen LogP contribution in [0.4, 0.5) is 0 Å². The van der Waals surface area contributed by atoms with Crippen LogP contribution >= 0.6 is 0 Å². The van der Waals surface area contributed by atoms with Crippen molar-refractivity contribution >= 4 is 27.6 Å². The predicted molar refractivity (Wildman–Crippen MR) is 94.9 cm³/mol. The maximum absolute atomic E-state index is 12.8. The molecule has 146 valence electrons. The smallest absolute Gasteiger partial charge is 0.226 e. The second kappa shape index (κ2) is 7.17. The molecule has 3 amide bonds. The van der Waals surface area contributed by atoms with E-state index < -0.39 is 9.84 Å². The van der Waals surface area contributed by atoms with E-state index in [4.69, 9.17) is 0 Å². The zero-order valence-corrected chi connectivity index (χ0v) is 16.2. The summed E-state index contributed by atoms with van der Waals surface area (Å²) in [5.74, 6) is -0.534. The second-order valence-corrected chi connectivity index (χ2v) is 9.69. The average molecular weight is 385 g/mol. The first kappa shape index (κ1) is 19.1. The standard InChI is InChI=1S/C17H27N3O5S/c1-3-20(13-4-9-26(24,25)11-13)17(23)15-10-14(15)16(22)19-7-5-18(6-8-19)12(2)21/h13-15H,3-11H2,1-2H3. The van der Waals surface area contributed by atoms with Gasteiger partial charge in [-0.15, -0.1) is 0 Å². The van der Waals surface area contributed by atoms with E-state index in [-0.39, 0.29) is 47.1 Å². The molecule has 3 unspecified atom stereocenters. The van der Waals surface area contributed by atoms with E-state index in [1.807, 2.05) is 6.92 Å². The number of sulfone groups is 1. The summed E-state index contributed by atoms with van der Waals surface area (Å²) in [7, 11) is -3.05. The van der Waals surface area contributed by atoms with Gasteiger partial charge in [-0.05, 0) is 19.8 Å². The van der Waals surface area contributed by atoms with Gasteiger partial charge in [0.1, 0.15) is 0 Å². The summed E-state index contributed by atoms with van der Waals surface area (Å²) in [6, 6.07) is -0.257. The van der Waals surface area contributed by atoms with Crippen LogP contribution in [0.25, 0.3) is 0 Å². The van der Waals surface area contributed by atoms with Crippen LogP contribution in [0.3, 0.4) is 0 Å². The first-order chi connectivity index (χ1) is 12.2. The molecule has 1 aliphatic carbocycles. The minimum Gasteiger partial charge on any atom is -0.339 e. The van der Waals surface area contributed by atoms with Crippen molar-refractivity contribution in [2.45, 2.75) is 32.7 Å². The zero-order valence-electron chi connectivity index (χ0n) is 15.4. The van der Waals surface area contributed by atoms with Crippen LogP contribution in [0.15, 0.2) is 0 Å². The summed E-state index contributed by atoms with van der Waals surface area (Å²) < 4.78 is 23.4. The molecule has 1 saturated carbocycles. The number of carbonyl (C=O) groups excluding carboxylic acids is 3. The molecule has 0 aromatic carbocycles. The van der Waals surface area contributed by atoms with Crippen LogP contribution in [0.1, 0.15) is 26.7 Å². The van der Waals surface area contributed by atoms with E-state index in [1.54, 1.807) is 14.7 Å². The predicted octanol–water partition coefficient (Wildman–Crippen LogP) is -0.651. The lowest BCUT2D eigenvalue weighted by atomic mass is 10.1. The second-order valence-electron chi connectivity index (χ2n) is 7.46. The van der Waals surface area contributed by atoms with Crippen molar-refractivity contribution in [3.05, 3.63) is 0 Å². The Morgan fingerprint density at radius 2 is 1.65 bits per heavy atom. The highest BCUT2D eigenvalue weighted by Gasteiger charge is 2.52. The third-order valence-corrected chi connectivity index (χ3v) is 7.48. The van der Waals surface area contributed by atoms with Gasteiger partial charge >= 0.3 is 0 Å². The average Bonchev–Trinajstić information content (AvgIpc) is 3.32. The maximum atomic E-state index is 12.8. The van der Waals surface area contributed by atoms with E-state index in [1.165, 1.54) is 6.92 Å². The molecule has 0 spiro atoms. The Kier molecular flexibility index (Phi) is 5.28. The highest BCUT2D eigenvalue weighted by molar-refractivity contribution is 7.91. The molecule has 0 radical (unpaired) electrons. The molecule has 3 aliphatic rings. The fourth-order valence-corrected chi connectivity index (χ4v) is 5.78. The first-order valence-electron chi connectivity index (χ1n) is 9.28. The molecule has 2 heterocycles. The number of carbonyl (C=O) groups is 3. The highest BCUT2D eigenvalue weighted by Crippen LogP contribution is 2.42. The molecule has 0 N–H and O–H groups in total. The summed E-state index contributed by atoms with van der Waals surface area (Å²) in [6.07, 6.45) is 1.03. The van der Waals surface area contributed by atoms with Gasteiger partial charge in [0, 0.05) is 45.7 Å². The van der Waals surface area contributed by atoms with Gasteiger partial charge in [0.25, 0.3) is 0 Å². The van der Waals surface area contributed by atoms with Crippen molar-refractivity contribution in [3.8, 4) is 0 Å². The Balaban J connectivity index is 1.55.